The van der Waals surface area contributed by atoms with E-state index in [4.69, 9.17) is 4.74 Å². The summed E-state index contributed by atoms with van der Waals surface area (Å²) in [4.78, 5) is 19.8. The second-order valence-corrected chi connectivity index (χ2v) is 8.76. The van der Waals surface area contributed by atoms with E-state index >= 15 is 0 Å². The lowest BCUT2D eigenvalue weighted by atomic mass is 10.1. The topological polar surface area (TPSA) is 66.0 Å². The summed E-state index contributed by atoms with van der Waals surface area (Å²) < 4.78 is 5.49. The molecule has 154 valence electrons. The van der Waals surface area contributed by atoms with Gasteiger partial charge < -0.3 is 20.3 Å². The fourth-order valence-electron chi connectivity index (χ4n) is 2.90. The zero-order chi connectivity index (χ0) is 19.2. The van der Waals surface area contributed by atoms with Crippen LogP contribution in [0, 0.1) is 0 Å². The summed E-state index contributed by atoms with van der Waals surface area (Å²) >= 11 is 1.78. The Morgan fingerprint density at radius 3 is 2.81 bits per heavy atom. The molecule has 6 nitrogen and oxygen atoms in total. The Morgan fingerprint density at radius 1 is 1.48 bits per heavy atom. The summed E-state index contributed by atoms with van der Waals surface area (Å²) in [6.07, 6.45) is 1.73. The smallest absolute Gasteiger partial charge is 0.410 e. The van der Waals surface area contributed by atoms with E-state index in [9.17, 15) is 4.79 Å². The van der Waals surface area contributed by atoms with Crippen molar-refractivity contribution < 1.29 is 9.53 Å². The Labute approximate surface area is 184 Å². The van der Waals surface area contributed by atoms with Crippen molar-refractivity contribution in [3.8, 4) is 0 Å². The number of nitrogens with zero attached hydrogens (tertiary/aromatic N) is 2. The van der Waals surface area contributed by atoms with Crippen LogP contribution >= 0.6 is 35.3 Å². The lowest BCUT2D eigenvalue weighted by Gasteiger charge is -2.35. The number of likely N-dealkylation sites (tertiary alicyclic amines) is 1. The van der Waals surface area contributed by atoms with Gasteiger partial charge in [0, 0.05) is 43.5 Å². The first kappa shape index (κ1) is 24.0. The average molecular weight is 508 g/mol. The van der Waals surface area contributed by atoms with Gasteiger partial charge in [0.1, 0.15) is 5.60 Å². The molecule has 2 N–H and O–H groups in total. The molecule has 1 aliphatic rings. The molecule has 0 spiro atoms. The molecule has 2 rings (SSSR count). The van der Waals surface area contributed by atoms with E-state index in [2.05, 4.69) is 40.1 Å². The highest BCUT2D eigenvalue weighted by molar-refractivity contribution is 14.0. The Morgan fingerprint density at radius 2 is 2.22 bits per heavy atom. The summed E-state index contributed by atoms with van der Waals surface area (Å²) in [5.41, 5.74) is -0.465. The van der Waals surface area contributed by atoms with Crippen molar-refractivity contribution in [3.05, 3.63) is 22.4 Å². The van der Waals surface area contributed by atoms with Gasteiger partial charge in [0.15, 0.2) is 5.96 Å². The number of thiophene rings is 1. The van der Waals surface area contributed by atoms with E-state index < -0.39 is 5.60 Å². The van der Waals surface area contributed by atoms with E-state index in [-0.39, 0.29) is 36.1 Å². The van der Waals surface area contributed by atoms with Crippen LogP contribution in [0.25, 0.3) is 0 Å². The highest BCUT2D eigenvalue weighted by Gasteiger charge is 2.28. The van der Waals surface area contributed by atoms with Crippen LogP contribution in [0.4, 0.5) is 4.79 Å². The SMILES string of the molecule is CN=C(NCC(C)c1cccs1)NC1CCCN(C(=O)OC(C)(C)C)C1.I. The maximum absolute atomic E-state index is 12.3. The zero-order valence-corrected chi connectivity index (χ0v) is 20.1. The van der Waals surface area contributed by atoms with E-state index in [1.165, 1.54) is 4.88 Å². The van der Waals surface area contributed by atoms with Crippen LogP contribution in [-0.2, 0) is 4.74 Å². The normalized spacial score (nSPS) is 19.1. The van der Waals surface area contributed by atoms with Gasteiger partial charge in [-0.1, -0.05) is 13.0 Å². The number of carbonyl (C=O) groups excluding carboxylic acids is 1. The molecule has 1 saturated heterocycles. The maximum Gasteiger partial charge on any atom is 0.410 e. The summed E-state index contributed by atoms with van der Waals surface area (Å²) in [5, 5.41) is 8.95. The zero-order valence-electron chi connectivity index (χ0n) is 16.9. The molecule has 1 aromatic heterocycles. The Balaban J connectivity index is 0.00000364. The first-order valence-corrected chi connectivity index (χ1v) is 10.1. The third-order valence-corrected chi connectivity index (χ3v) is 5.35. The molecule has 1 fully saturated rings. The molecular weight excluding hydrogens is 475 g/mol. The summed E-state index contributed by atoms with van der Waals surface area (Å²) in [7, 11) is 1.78. The minimum absolute atomic E-state index is 0. The van der Waals surface area contributed by atoms with Gasteiger partial charge in [-0.2, -0.15) is 0 Å². The standard InChI is InChI=1S/C19H32N4O2S.HI/c1-14(16-9-7-11-26-16)12-21-17(20-5)22-15-8-6-10-23(13-15)18(24)25-19(2,3)4;/h7,9,11,14-15H,6,8,10,12-13H2,1-5H3,(H2,20,21,22);1H. The molecular formula is C19H33IN4O2S. The van der Waals surface area contributed by atoms with Crippen molar-refractivity contribution in [1.29, 1.82) is 0 Å². The van der Waals surface area contributed by atoms with Crippen LogP contribution in [0.2, 0.25) is 0 Å². The van der Waals surface area contributed by atoms with E-state index in [0.29, 0.717) is 12.5 Å². The maximum atomic E-state index is 12.3. The van der Waals surface area contributed by atoms with E-state index in [1.807, 2.05) is 20.8 Å². The van der Waals surface area contributed by atoms with Crippen LogP contribution in [-0.4, -0.2) is 55.3 Å². The highest BCUT2D eigenvalue weighted by atomic mass is 127. The molecule has 27 heavy (non-hydrogen) atoms. The number of halogens is 1. The summed E-state index contributed by atoms with van der Waals surface area (Å²) in [5.74, 6) is 1.21. The Bertz CT molecular complexity index is 601. The third-order valence-electron chi connectivity index (χ3n) is 4.24. The molecule has 0 bridgehead atoms. The molecule has 0 saturated carbocycles. The van der Waals surface area contributed by atoms with Crippen molar-refractivity contribution in [2.45, 2.75) is 58.1 Å². The second-order valence-electron chi connectivity index (χ2n) is 7.78. The molecule has 1 aromatic rings. The number of nitrogens with one attached hydrogen (secondary N) is 2. The number of aliphatic imine (C=N–C) groups is 1. The first-order valence-electron chi connectivity index (χ1n) is 9.27. The van der Waals surface area contributed by atoms with Gasteiger partial charge in [-0.25, -0.2) is 4.79 Å². The monoisotopic (exact) mass is 508 g/mol. The van der Waals surface area contributed by atoms with E-state index in [0.717, 1.165) is 31.9 Å². The number of amides is 1. The molecule has 0 radical (unpaired) electrons. The number of piperidine rings is 1. The van der Waals surface area contributed by atoms with E-state index in [1.54, 1.807) is 23.3 Å². The van der Waals surface area contributed by atoms with Crippen molar-refractivity contribution in [3.63, 3.8) is 0 Å². The van der Waals surface area contributed by atoms with Crippen molar-refractivity contribution in [2.75, 3.05) is 26.7 Å². The lowest BCUT2D eigenvalue weighted by Crippen LogP contribution is -2.53. The molecule has 0 aromatic carbocycles. The predicted molar refractivity (Wildman–Crippen MR) is 123 cm³/mol. The van der Waals surface area contributed by atoms with Gasteiger partial charge in [-0.05, 0) is 45.1 Å². The summed E-state index contributed by atoms with van der Waals surface area (Å²) in [6, 6.07) is 4.42. The average Bonchev–Trinajstić information content (AvgIpc) is 3.11. The third kappa shape index (κ3) is 8.25. The number of rotatable bonds is 4. The highest BCUT2D eigenvalue weighted by Crippen LogP contribution is 2.19. The van der Waals surface area contributed by atoms with Crippen molar-refractivity contribution in [1.82, 2.24) is 15.5 Å². The quantitative estimate of drug-likeness (QED) is 0.366. The predicted octanol–water partition coefficient (Wildman–Crippen LogP) is 4.03. The van der Waals surface area contributed by atoms with Crippen LogP contribution < -0.4 is 10.6 Å². The molecule has 0 aliphatic carbocycles. The van der Waals surface area contributed by atoms with Crippen LogP contribution in [0.5, 0.6) is 0 Å². The van der Waals surface area contributed by atoms with Crippen LogP contribution in [0.15, 0.2) is 22.5 Å². The number of hydrogen-bond acceptors (Lipinski definition) is 4. The van der Waals surface area contributed by atoms with Crippen LogP contribution in [0.3, 0.4) is 0 Å². The molecule has 1 amide bonds. The lowest BCUT2D eigenvalue weighted by molar-refractivity contribution is 0.0193. The molecule has 2 atom stereocenters. The Kier molecular flexibility index (Phi) is 9.86. The van der Waals surface area contributed by atoms with Crippen LogP contribution in [0.1, 0.15) is 51.3 Å². The minimum Gasteiger partial charge on any atom is -0.444 e. The number of hydrogen-bond donors (Lipinski definition) is 2. The fraction of sp³-hybridized carbons (Fsp3) is 0.684. The molecule has 1 aliphatic heterocycles. The molecule has 2 unspecified atom stereocenters. The van der Waals surface area contributed by atoms with Gasteiger partial charge in [-0.15, -0.1) is 35.3 Å². The van der Waals surface area contributed by atoms with Gasteiger partial charge in [0.2, 0.25) is 0 Å². The number of carbonyl (C=O) groups is 1. The van der Waals surface area contributed by atoms with Crippen molar-refractivity contribution in [2.24, 2.45) is 4.99 Å². The number of ether oxygens (including phenoxy) is 1. The minimum atomic E-state index is -0.465. The van der Waals surface area contributed by atoms with Gasteiger partial charge in [-0.3, -0.25) is 4.99 Å². The van der Waals surface area contributed by atoms with Crippen molar-refractivity contribution >= 4 is 47.4 Å². The second kappa shape index (κ2) is 11.1. The fourth-order valence-corrected chi connectivity index (χ4v) is 3.68. The van der Waals surface area contributed by atoms with Gasteiger partial charge in [0.05, 0.1) is 0 Å². The Hall–Kier alpha value is -1.03. The summed E-state index contributed by atoms with van der Waals surface area (Å²) in [6.45, 7) is 10.1. The molecule has 8 heteroatoms. The molecule has 2 heterocycles. The van der Waals surface area contributed by atoms with Gasteiger partial charge >= 0.3 is 6.09 Å². The largest absolute Gasteiger partial charge is 0.444 e. The first-order chi connectivity index (χ1) is 12.3. The number of guanidine groups is 1. The van der Waals surface area contributed by atoms with Gasteiger partial charge in [0.25, 0.3) is 0 Å².